The molecule has 0 heterocycles. The van der Waals surface area contributed by atoms with E-state index in [1.54, 1.807) is 26.8 Å². The van der Waals surface area contributed by atoms with Gasteiger partial charge in [0, 0.05) is 12.8 Å². The molecule has 0 aliphatic rings. The van der Waals surface area contributed by atoms with Crippen molar-refractivity contribution in [1.29, 1.82) is 0 Å². The molecular weight excluding hydrogens is 572 g/mol. The second-order valence-corrected chi connectivity index (χ2v) is 11.6. The molecule has 4 atom stereocenters. The number of amides is 6. The summed E-state index contributed by atoms with van der Waals surface area (Å²) in [5, 5.41) is 20.6. The van der Waals surface area contributed by atoms with Crippen molar-refractivity contribution in [2.75, 3.05) is 0 Å². The van der Waals surface area contributed by atoms with E-state index in [0.29, 0.717) is 5.56 Å². The smallest absolute Gasteiger partial charge is 0.303 e. The van der Waals surface area contributed by atoms with Gasteiger partial charge in [-0.25, -0.2) is 0 Å². The van der Waals surface area contributed by atoms with E-state index in [4.69, 9.17) is 16.6 Å². The molecule has 0 aliphatic carbocycles. The molecule has 9 N–H and O–H groups in total. The Morgan fingerprint density at radius 3 is 1.95 bits per heavy atom. The minimum absolute atomic E-state index is 0.0273. The van der Waals surface area contributed by atoms with Gasteiger partial charge >= 0.3 is 5.97 Å². The predicted octanol–water partition coefficient (Wildman–Crippen LogP) is -0.387. The largest absolute Gasteiger partial charge is 0.481 e. The summed E-state index contributed by atoms with van der Waals surface area (Å²) < 4.78 is 0. The third-order valence-electron chi connectivity index (χ3n) is 6.70. The highest BCUT2D eigenvalue weighted by Crippen LogP contribution is 2.19. The van der Waals surface area contributed by atoms with Crippen LogP contribution in [0.2, 0.25) is 0 Å². The van der Waals surface area contributed by atoms with Gasteiger partial charge in [0.25, 0.3) is 0 Å². The van der Waals surface area contributed by atoms with Gasteiger partial charge in [-0.3, -0.25) is 33.6 Å². The van der Waals surface area contributed by atoms with Crippen molar-refractivity contribution in [3.8, 4) is 0 Å². The quantitative estimate of drug-likeness (QED) is 0.139. The Morgan fingerprint density at radius 1 is 0.773 bits per heavy atom. The second-order valence-electron chi connectivity index (χ2n) is 11.6. The maximum atomic E-state index is 13.4. The fourth-order valence-electron chi connectivity index (χ4n) is 4.34. The summed E-state index contributed by atoms with van der Waals surface area (Å²) in [7, 11) is 0. The van der Waals surface area contributed by atoms with Crippen molar-refractivity contribution < 1.29 is 38.7 Å². The fraction of sp³-hybridized carbons (Fsp3) is 0.433. The molecule has 238 valence electrons. The molecule has 14 nitrogen and oxygen atoms in total. The Labute approximate surface area is 254 Å². The Bertz CT molecular complexity index is 1420. The molecule has 0 bridgehead atoms. The van der Waals surface area contributed by atoms with E-state index >= 15 is 0 Å². The maximum Gasteiger partial charge on any atom is 0.303 e. The van der Waals surface area contributed by atoms with Crippen LogP contribution in [0.1, 0.15) is 52.5 Å². The molecular formula is C30H40N6O8. The molecule has 0 spiro atoms. The first kappa shape index (κ1) is 35.2. The number of hydrogen-bond donors (Lipinski definition) is 7. The lowest BCUT2D eigenvalue weighted by Gasteiger charge is -2.30. The van der Waals surface area contributed by atoms with Crippen molar-refractivity contribution in [3.05, 3.63) is 48.0 Å². The van der Waals surface area contributed by atoms with Crippen molar-refractivity contribution in [2.45, 2.75) is 77.5 Å². The third-order valence-corrected chi connectivity index (χ3v) is 6.70. The summed E-state index contributed by atoms with van der Waals surface area (Å²) in [4.78, 5) is 86.4. The number of carbonyl (C=O) groups is 7. The van der Waals surface area contributed by atoms with Gasteiger partial charge in [-0.1, -0.05) is 63.2 Å². The van der Waals surface area contributed by atoms with E-state index in [2.05, 4.69) is 21.3 Å². The Kier molecular flexibility index (Phi) is 12.4. The summed E-state index contributed by atoms with van der Waals surface area (Å²) in [5.41, 5.74) is 10.7. The zero-order valence-corrected chi connectivity index (χ0v) is 25.1. The lowest BCUT2D eigenvalue weighted by atomic mass is 9.86. The molecule has 0 saturated heterocycles. The predicted molar refractivity (Wildman–Crippen MR) is 160 cm³/mol. The van der Waals surface area contributed by atoms with E-state index in [1.165, 1.54) is 6.92 Å². The van der Waals surface area contributed by atoms with Gasteiger partial charge in [0.1, 0.15) is 24.2 Å². The highest BCUT2D eigenvalue weighted by atomic mass is 16.4. The molecule has 0 aliphatic heterocycles. The normalized spacial score (nSPS) is 13.9. The van der Waals surface area contributed by atoms with E-state index in [9.17, 15) is 33.6 Å². The number of nitrogens with two attached hydrogens (primary N) is 2. The van der Waals surface area contributed by atoms with Gasteiger partial charge in [0.2, 0.25) is 35.4 Å². The summed E-state index contributed by atoms with van der Waals surface area (Å²) in [6, 6.07) is 7.87. The van der Waals surface area contributed by atoms with Crippen LogP contribution in [0.5, 0.6) is 0 Å². The van der Waals surface area contributed by atoms with E-state index in [0.717, 1.165) is 10.8 Å². The van der Waals surface area contributed by atoms with Gasteiger partial charge in [0.15, 0.2) is 0 Å². The minimum atomic E-state index is -1.53. The van der Waals surface area contributed by atoms with Crippen LogP contribution in [0.15, 0.2) is 42.5 Å². The zero-order valence-electron chi connectivity index (χ0n) is 25.1. The average Bonchev–Trinajstić information content (AvgIpc) is 2.92. The van der Waals surface area contributed by atoms with E-state index < -0.39 is 90.3 Å². The number of fused-ring (bicyclic) bond motifs is 1. The molecule has 14 heteroatoms. The molecule has 4 unspecified atom stereocenters. The molecule has 0 radical (unpaired) electrons. The topological polar surface area (TPSA) is 240 Å². The first-order valence-corrected chi connectivity index (χ1v) is 14.0. The third kappa shape index (κ3) is 11.0. The first-order valence-electron chi connectivity index (χ1n) is 14.0. The van der Waals surface area contributed by atoms with Crippen LogP contribution < -0.4 is 32.7 Å². The van der Waals surface area contributed by atoms with Crippen LogP contribution >= 0.6 is 0 Å². The maximum absolute atomic E-state index is 13.4. The highest BCUT2D eigenvalue weighted by molar-refractivity contribution is 5.97. The molecule has 0 aromatic heterocycles. The Morgan fingerprint density at radius 2 is 1.39 bits per heavy atom. The molecule has 2 aromatic carbocycles. The molecule has 6 amide bonds. The number of hydrogen-bond acceptors (Lipinski definition) is 7. The highest BCUT2D eigenvalue weighted by Gasteiger charge is 2.34. The number of nitrogens with one attached hydrogen (secondary N) is 4. The van der Waals surface area contributed by atoms with Crippen LogP contribution in [-0.2, 0) is 40.0 Å². The fourth-order valence-corrected chi connectivity index (χ4v) is 4.34. The van der Waals surface area contributed by atoms with Gasteiger partial charge in [-0.15, -0.1) is 0 Å². The van der Waals surface area contributed by atoms with Gasteiger partial charge in [-0.2, -0.15) is 0 Å². The van der Waals surface area contributed by atoms with Crippen molar-refractivity contribution >= 4 is 52.2 Å². The molecule has 44 heavy (non-hydrogen) atoms. The first-order chi connectivity index (χ1) is 20.5. The summed E-state index contributed by atoms with van der Waals surface area (Å²) >= 11 is 0. The number of rotatable bonds is 15. The lowest BCUT2D eigenvalue weighted by Crippen LogP contribution is -2.59. The molecule has 0 fully saturated rings. The van der Waals surface area contributed by atoms with Crippen LogP contribution in [0.4, 0.5) is 0 Å². The number of benzene rings is 2. The van der Waals surface area contributed by atoms with Crippen molar-refractivity contribution in [1.82, 2.24) is 21.3 Å². The van der Waals surface area contributed by atoms with E-state index in [1.807, 2.05) is 36.4 Å². The lowest BCUT2D eigenvalue weighted by molar-refractivity contribution is -0.139. The number of carbonyl (C=O) groups excluding carboxylic acids is 6. The summed E-state index contributed by atoms with van der Waals surface area (Å²) in [5.74, 6) is -6.11. The standard InChI is InChI=1S/C30H40N6O8/c1-16(27(42)36-25(26(32)41)30(2,3)4)33-28(43)21(15-22(31)37)35-29(44)20(34-23(38)11-12-24(39)40)14-17-9-10-18-7-5-6-8-19(18)13-17/h5-10,13,16,20-21,25H,11-12,14-15H2,1-4H3,(H2,31,37)(H2,32,41)(H,33,43)(H,34,38)(H,35,44)(H,36,42)(H,39,40). The van der Waals surface area contributed by atoms with Crippen LogP contribution in [-0.4, -0.2) is 70.7 Å². The average molecular weight is 613 g/mol. The SMILES string of the molecule is CC(NC(=O)C(CC(N)=O)NC(=O)C(Cc1ccc2ccccc2c1)NC(=O)CCC(=O)O)C(=O)NC(C(N)=O)C(C)(C)C. The summed E-state index contributed by atoms with van der Waals surface area (Å²) in [6.07, 6.45) is -1.52. The van der Waals surface area contributed by atoms with Crippen LogP contribution in [0.3, 0.4) is 0 Å². The molecule has 2 aromatic rings. The molecule has 2 rings (SSSR count). The molecule has 0 saturated carbocycles. The number of carboxylic acids is 1. The van der Waals surface area contributed by atoms with Gasteiger partial charge in [0.05, 0.1) is 12.8 Å². The van der Waals surface area contributed by atoms with Crippen molar-refractivity contribution in [3.63, 3.8) is 0 Å². The van der Waals surface area contributed by atoms with E-state index in [-0.39, 0.29) is 6.42 Å². The van der Waals surface area contributed by atoms with Gasteiger partial charge in [-0.05, 0) is 28.7 Å². The van der Waals surface area contributed by atoms with Crippen molar-refractivity contribution in [2.24, 2.45) is 16.9 Å². The summed E-state index contributed by atoms with van der Waals surface area (Å²) in [6.45, 7) is 6.42. The monoisotopic (exact) mass is 612 g/mol. The number of primary amides is 2. The number of carboxylic acid groups (broad SMARTS) is 1. The van der Waals surface area contributed by atoms with Crippen LogP contribution in [0, 0.1) is 5.41 Å². The van der Waals surface area contributed by atoms with Crippen LogP contribution in [0.25, 0.3) is 10.8 Å². The van der Waals surface area contributed by atoms with Gasteiger partial charge < -0.3 is 37.8 Å². The zero-order chi connectivity index (χ0) is 33.2. The minimum Gasteiger partial charge on any atom is -0.481 e. The second kappa shape index (κ2) is 15.5. The number of aliphatic carboxylic acids is 1. The Balaban J connectivity index is 2.24. The Hall–Kier alpha value is -5.01.